The van der Waals surface area contributed by atoms with Crippen LogP contribution in [0.1, 0.15) is 5.56 Å². The topological polar surface area (TPSA) is 93.1 Å². The van der Waals surface area contributed by atoms with Crippen molar-refractivity contribution in [3.05, 3.63) is 54.1 Å². The summed E-state index contributed by atoms with van der Waals surface area (Å²) >= 11 is 0. The largest absolute Gasteiger partial charge is 0.508 e. The molecule has 0 saturated carbocycles. The molecule has 0 saturated heterocycles. The Bertz CT molecular complexity index is 815. The van der Waals surface area contributed by atoms with E-state index in [1.165, 1.54) is 38.5 Å². The molecule has 1 N–H and O–H groups in total. The predicted molar refractivity (Wildman–Crippen MR) is 90.7 cm³/mol. The third-order valence-electron chi connectivity index (χ3n) is 3.53. The summed E-state index contributed by atoms with van der Waals surface area (Å²) < 4.78 is 36.4. The van der Waals surface area contributed by atoms with Gasteiger partial charge in [0.2, 0.25) is 10.0 Å². The number of carbonyl (C=O) groups excluding carboxylic acids is 1. The second-order valence-corrected chi connectivity index (χ2v) is 7.13. The van der Waals surface area contributed by atoms with E-state index >= 15 is 0 Å². The number of nitrogens with zero attached hydrogens (tertiary/aromatic N) is 1. The smallest absolute Gasteiger partial charge is 0.321 e. The summed E-state index contributed by atoms with van der Waals surface area (Å²) in [6, 6.07) is 12.0. The fourth-order valence-corrected chi connectivity index (χ4v) is 3.51. The maximum Gasteiger partial charge on any atom is 0.321 e. The minimum atomic E-state index is -3.95. The molecule has 0 amide bonds. The van der Waals surface area contributed by atoms with E-state index in [4.69, 9.17) is 4.74 Å². The van der Waals surface area contributed by atoms with Gasteiger partial charge in [-0.3, -0.25) is 4.79 Å². The zero-order valence-electron chi connectivity index (χ0n) is 13.9. The number of hydrogen-bond acceptors (Lipinski definition) is 6. The Morgan fingerprint density at radius 2 is 1.64 bits per heavy atom. The molecule has 0 unspecified atom stereocenters. The molecular formula is C17H19NO6S. The highest BCUT2D eigenvalue weighted by Gasteiger charge is 2.27. The van der Waals surface area contributed by atoms with Crippen LogP contribution in [0.5, 0.6) is 11.5 Å². The second-order valence-electron chi connectivity index (χ2n) is 5.19. The van der Waals surface area contributed by atoms with Gasteiger partial charge in [-0.25, -0.2) is 8.42 Å². The van der Waals surface area contributed by atoms with Gasteiger partial charge >= 0.3 is 5.97 Å². The first-order valence-electron chi connectivity index (χ1n) is 7.35. The Kier molecular flexibility index (Phi) is 6.00. The molecule has 7 nitrogen and oxygen atoms in total. The maximum atomic E-state index is 12.8. The van der Waals surface area contributed by atoms with E-state index in [9.17, 15) is 18.3 Å². The summed E-state index contributed by atoms with van der Waals surface area (Å²) in [5, 5.41) is 9.33. The fourth-order valence-electron chi connectivity index (χ4n) is 2.14. The van der Waals surface area contributed by atoms with Crippen molar-refractivity contribution in [3.8, 4) is 11.5 Å². The summed E-state index contributed by atoms with van der Waals surface area (Å²) in [6.07, 6.45) is 0. The minimum Gasteiger partial charge on any atom is -0.508 e. The fraction of sp³-hybridized carbons (Fsp3) is 0.235. The number of rotatable bonds is 7. The maximum absolute atomic E-state index is 12.8. The van der Waals surface area contributed by atoms with Crippen molar-refractivity contribution in [2.75, 3.05) is 20.8 Å². The predicted octanol–water partition coefficient (Wildman–Crippen LogP) is 1.76. The van der Waals surface area contributed by atoms with Crippen molar-refractivity contribution in [2.45, 2.75) is 11.4 Å². The molecule has 0 radical (unpaired) electrons. The zero-order valence-corrected chi connectivity index (χ0v) is 14.7. The van der Waals surface area contributed by atoms with Gasteiger partial charge in [-0.15, -0.1) is 0 Å². The number of phenols is 1. The van der Waals surface area contributed by atoms with Crippen LogP contribution in [0.15, 0.2) is 53.4 Å². The third kappa shape index (κ3) is 4.71. The van der Waals surface area contributed by atoms with Crippen LogP contribution < -0.4 is 4.74 Å². The van der Waals surface area contributed by atoms with Gasteiger partial charge in [-0.05, 0) is 42.0 Å². The molecule has 0 fully saturated rings. The van der Waals surface area contributed by atoms with E-state index in [2.05, 4.69) is 4.74 Å². The lowest BCUT2D eigenvalue weighted by Gasteiger charge is -2.21. The first kappa shape index (κ1) is 18.8. The van der Waals surface area contributed by atoms with Gasteiger partial charge in [0.1, 0.15) is 18.0 Å². The molecule has 0 heterocycles. The first-order valence-corrected chi connectivity index (χ1v) is 8.79. The summed E-state index contributed by atoms with van der Waals surface area (Å²) in [5.41, 5.74) is 0.687. The van der Waals surface area contributed by atoms with E-state index in [1.54, 1.807) is 24.3 Å². The van der Waals surface area contributed by atoms with E-state index < -0.39 is 22.5 Å². The third-order valence-corrected chi connectivity index (χ3v) is 5.33. The van der Waals surface area contributed by atoms with E-state index in [1.807, 2.05) is 0 Å². The first-order chi connectivity index (χ1) is 11.9. The second kappa shape index (κ2) is 8.00. The highest BCUT2D eigenvalue weighted by atomic mass is 32.2. The number of sulfonamides is 1. The average molecular weight is 365 g/mol. The number of methoxy groups -OCH3 is 2. The molecule has 0 atom stereocenters. The van der Waals surface area contributed by atoms with Gasteiger partial charge in [-0.2, -0.15) is 4.31 Å². The molecule has 134 valence electrons. The van der Waals surface area contributed by atoms with Gasteiger partial charge in [0.25, 0.3) is 0 Å². The van der Waals surface area contributed by atoms with Crippen LogP contribution >= 0.6 is 0 Å². The van der Waals surface area contributed by atoms with Crippen LogP contribution in [0.3, 0.4) is 0 Å². The molecule has 2 aromatic rings. The Hall–Kier alpha value is -2.58. The van der Waals surface area contributed by atoms with Gasteiger partial charge in [-0.1, -0.05) is 12.1 Å². The van der Waals surface area contributed by atoms with Gasteiger partial charge in [0, 0.05) is 6.54 Å². The van der Waals surface area contributed by atoms with Gasteiger partial charge < -0.3 is 14.6 Å². The molecule has 0 aromatic heterocycles. The van der Waals surface area contributed by atoms with Crippen molar-refractivity contribution in [2.24, 2.45) is 0 Å². The molecule has 2 aromatic carbocycles. The van der Waals surface area contributed by atoms with Crippen LogP contribution in [0.4, 0.5) is 0 Å². The highest BCUT2D eigenvalue weighted by molar-refractivity contribution is 7.89. The standard InChI is InChI=1S/C17H19NO6S/c1-23-15-7-3-13(4-8-15)11-18(12-17(20)24-2)25(21,22)16-9-5-14(19)6-10-16/h3-10,19H,11-12H2,1-2H3. The SMILES string of the molecule is COC(=O)CN(Cc1ccc(OC)cc1)S(=O)(=O)c1ccc(O)cc1. The number of benzene rings is 2. The number of phenolic OH excluding ortho intramolecular Hbond substituents is 1. The highest BCUT2D eigenvalue weighted by Crippen LogP contribution is 2.21. The molecular weight excluding hydrogens is 346 g/mol. The Morgan fingerprint density at radius 3 is 2.16 bits per heavy atom. The lowest BCUT2D eigenvalue weighted by Crippen LogP contribution is -2.35. The normalized spacial score (nSPS) is 11.3. The summed E-state index contributed by atoms with van der Waals surface area (Å²) in [7, 11) is -1.22. The molecule has 8 heteroatoms. The Balaban J connectivity index is 2.33. The van der Waals surface area contributed by atoms with Crippen molar-refractivity contribution >= 4 is 16.0 Å². The van der Waals surface area contributed by atoms with Crippen molar-refractivity contribution in [1.82, 2.24) is 4.31 Å². The quantitative estimate of drug-likeness (QED) is 0.752. The van der Waals surface area contributed by atoms with Crippen molar-refractivity contribution < 1.29 is 27.8 Å². The van der Waals surface area contributed by atoms with E-state index in [0.29, 0.717) is 11.3 Å². The Morgan fingerprint density at radius 1 is 1.04 bits per heavy atom. The summed E-state index contributed by atoms with van der Waals surface area (Å²) in [4.78, 5) is 11.6. The molecule has 0 aliphatic heterocycles. The molecule has 0 aliphatic carbocycles. The molecule has 2 rings (SSSR count). The lowest BCUT2D eigenvalue weighted by molar-refractivity contribution is -0.140. The zero-order chi connectivity index (χ0) is 18.4. The number of ether oxygens (including phenoxy) is 2. The van der Waals surface area contributed by atoms with Crippen LogP contribution in [-0.2, 0) is 26.1 Å². The molecule has 0 aliphatic rings. The summed E-state index contributed by atoms with van der Waals surface area (Å²) in [5.74, 6) is -0.0749. The van der Waals surface area contributed by atoms with Gasteiger partial charge in [0.15, 0.2) is 0 Å². The van der Waals surface area contributed by atoms with E-state index in [0.717, 1.165) is 4.31 Å². The number of hydrogen-bond donors (Lipinski definition) is 1. The monoisotopic (exact) mass is 365 g/mol. The van der Waals surface area contributed by atoms with Crippen LogP contribution in [-0.4, -0.2) is 44.6 Å². The summed E-state index contributed by atoms with van der Waals surface area (Å²) in [6.45, 7) is -0.436. The van der Waals surface area contributed by atoms with Crippen LogP contribution in [0, 0.1) is 0 Å². The van der Waals surface area contributed by atoms with Gasteiger partial charge in [0.05, 0.1) is 19.1 Å². The molecule has 0 bridgehead atoms. The van der Waals surface area contributed by atoms with Crippen LogP contribution in [0.25, 0.3) is 0 Å². The Labute approximate surface area is 146 Å². The van der Waals surface area contributed by atoms with Crippen molar-refractivity contribution in [1.29, 1.82) is 0 Å². The number of esters is 1. The van der Waals surface area contributed by atoms with Crippen molar-refractivity contribution in [3.63, 3.8) is 0 Å². The van der Waals surface area contributed by atoms with E-state index in [-0.39, 0.29) is 17.2 Å². The van der Waals surface area contributed by atoms with Crippen LogP contribution in [0.2, 0.25) is 0 Å². The molecule has 25 heavy (non-hydrogen) atoms. The lowest BCUT2D eigenvalue weighted by atomic mass is 10.2. The molecule has 0 spiro atoms. The average Bonchev–Trinajstić information content (AvgIpc) is 2.62. The number of aromatic hydroxyl groups is 1. The minimum absolute atomic E-state index is 0.0116. The number of carbonyl (C=O) groups is 1.